The van der Waals surface area contributed by atoms with Crippen molar-refractivity contribution in [2.75, 3.05) is 6.61 Å². The molecule has 2 nitrogen and oxygen atoms in total. The van der Waals surface area contributed by atoms with Crippen LogP contribution in [-0.2, 0) is 6.54 Å². The van der Waals surface area contributed by atoms with Crippen molar-refractivity contribution in [3.05, 3.63) is 40.6 Å². The van der Waals surface area contributed by atoms with E-state index in [0.29, 0.717) is 6.04 Å². The Bertz CT molecular complexity index is 421. The maximum absolute atomic E-state index is 9.40. The molecule has 1 aromatic carbocycles. The van der Waals surface area contributed by atoms with Crippen LogP contribution in [0.15, 0.2) is 23.9 Å². The van der Waals surface area contributed by atoms with Crippen LogP contribution in [0.2, 0.25) is 0 Å². The number of hydrogen-bond acceptors (Lipinski definition) is 2. The van der Waals surface area contributed by atoms with Gasteiger partial charge in [0.2, 0.25) is 0 Å². The molecule has 0 atom stereocenters. The zero-order chi connectivity index (χ0) is 11.7. The number of aliphatic hydroxyl groups is 1. The van der Waals surface area contributed by atoms with Crippen molar-refractivity contribution >= 4 is 6.08 Å². The van der Waals surface area contributed by atoms with Crippen molar-refractivity contribution in [3.63, 3.8) is 0 Å². The van der Waals surface area contributed by atoms with Gasteiger partial charge in [0.05, 0.1) is 6.61 Å². The molecule has 1 heterocycles. The van der Waals surface area contributed by atoms with Crippen LogP contribution in [0.4, 0.5) is 0 Å². The zero-order valence-electron chi connectivity index (χ0n) is 10.2. The quantitative estimate of drug-likeness (QED) is 0.823. The average molecular weight is 217 g/mol. The van der Waals surface area contributed by atoms with E-state index in [0.717, 1.165) is 12.2 Å². The van der Waals surface area contributed by atoms with E-state index in [1.54, 1.807) is 0 Å². The molecule has 0 aromatic heterocycles. The Morgan fingerprint density at radius 2 is 2.12 bits per heavy atom. The Hall–Kier alpha value is -1.28. The maximum atomic E-state index is 9.40. The summed E-state index contributed by atoms with van der Waals surface area (Å²) >= 11 is 0. The Kier molecular flexibility index (Phi) is 3.01. The molecule has 0 amide bonds. The van der Waals surface area contributed by atoms with Crippen LogP contribution in [0.1, 0.15) is 30.5 Å². The fourth-order valence-corrected chi connectivity index (χ4v) is 2.26. The standard InChI is InChI=1S/C14H19NO/c1-10(2)15-8-14-11(3)5-4-6-12(14)7-13(15)9-16/h4-7,10,16H,8-9H2,1-3H3. The number of hydrogen-bond donors (Lipinski definition) is 1. The van der Waals surface area contributed by atoms with Crippen molar-refractivity contribution in [1.82, 2.24) is 4.90 Å². The van der Waals surface area contributed by atoms with Crippen molar-refractivity contribution < 1.29 is 5.11 Å². The third-order valence-corrected chi connectivity index (χ3v) is 3.25. The van der Waals surface area contributed by atoms with Crippen molar-refractivity contribution in [2.45, 2.75) is 33.4 Å². The smallest absolute Gasteiger partial charge is 0.0829 e. The van der Waals surface area contributed by atoms with E-state index in [9.17, 15) is 5.11 Å². The Labute approximate surface area is 97.2 Å². The number of fused-ring (bicyclic) bond motifs is 1. The number of rotatable bonds is 2. The van der Waals surface area contributed by atoms with Gasteiger partial charge in [-0.3, -0.25) is 0 Å². The van der Waals surface area contributed by atoms with Gasteiger partial charge < -0.3 is 10.0 Å². The van der Waals surface area contributed by atoms with Gasteiger partial charge in [-0.25, -0.2) is 0 Å². The molecule has 0 saturated carbocycles. The van der Waals surface area contributed by atoms with E-state index in [1.807, 2.05) is 0 Å². The number of nitrogens with zero attached hydrogens (tertiary/aromatic N) is 1. The highest BCUT2D eigenvalue weighted by atomic mass is 16.3. The highest BCUT2D eigenvalue weighted by molar-refractivity contribution is 5.60. The monoisotopic (exact) mass is 217 g/mol. The van der Waals surface area contributed by atoms with Crippen LogP contribution in [0.5, 0.6) is 0 Å². The summed E-state index contributed by atoms with van der Waals surface area (Å²) in [6.45, 7) is 7.49. The molecule has 2 heteroatoms. The van der Waals surface area contributed by atoms with Gasteiger partial charge in [0.25, 0.3) is 0 Å². The summed E-state index contributed by atoms with van der Waals surface area (Å²) in [6.07, 6.45) is 2.10. The van der Waals surface area contributed by atoms with Crippen LogP contribution in [0.25, 0.3) is 6.08 Å². The Morgan fingerprint density at radius 1 is 1.38 bits per heavy atom. The normalized spacial score (nSPS) is 15.1. The SMILES string of the molecule is Cc1cccc2c1CN(C(C)C)C(CO)=C2. The fourth-order valence-electron chi connectivity index (χ4n) is 2.26. The second-order valence-corrected chi connectivity index (χ2v) is 4.66. The van der Waals surface area contributed by atoms with Crippen molar-refractivity contribution in [2.24, 2.45) is 0 Å². The Morgan fingerprint density at radius 3 is 2.75 bits per heavy atom. The predicted molar refractivity (Wildman–Crippen MR) is 66.9 cm³/mol. The predicted octanol–water partition coefficient (Wildman–Crippen LogP) is 2.55. The summed E-state index contributed by atoms with van der Waals surface area (Å²) in [5.41, 5.74) is 4.99. The van der Waals surface area contributed by atoms with Gasteiger partial charge in [-0.2, -0.15) is 0 Å². The first-order valence-electron chi connectivity index (χ1n) is 5.80. The molecule has 1 N–H and O–H groups in total. The number of aliphatic hydroxyl groups excluding tert-OH is 1. The molecule has 0 radical (unpaired) electrons. The number of benzene rings is 1. The summed E-state index contributed by atoms with van der Waals surface area (Å²) in [4.78, 5) is 2.26. The zero-order valence-corrected chi connectivity index (χ0v) is 10.2. The van der Waals surface area contributed by atoms with Crippen molar-refractivity contribution in [3.8, 4) is 0 Å². The molecule has 0 saturated heterocycles. The molecule has 0 unspecified atom stereocenters. The number of aryl methyl sites for hydroxylation is 1. The van der Waals surface area contributed by atoms with Gasteiger partial charge in [0.15, 0.2) is 0 Å². The second-order valence-electron chi connectivity index (χ2n) is 4.66. The molecular formula is C14H19NO. The highest BCUT2D eigenvalue weighted by Crippen LogP contribution is 2.28. The summed E-state index contributed by atoms with van der Waals surface area (Å²) < 4.78 is 0. The van der Waals surface area contributed by atoms with Crippen LogP contribution in [0, 0.1) is 6.92 Å². The Balaban J connectivity index is 2.46. The topological polar surface area (TPSA) is 23.5 Å². The lowest BCUT2D eigenvalue weighted by Crippen LogP contribution is -2.33. The first-order chi connectivity index (χ1) is 7.63. The molecule has 1 aliphatic rings. The summed E-state index contributed by atoms with van der Waals surface area (Å²) in [6, 6.07) is 6.77. The molecular weight excluding hydrogens is 198 g/mol. The van der Waals surface area contributed by atoms with Gasteiger partial charge in [-0.15, -0.1) is 0 Å². The molecule has 16 heavy (non-hydrogen) atoms. The highest BCUT2D eigenvalue weighted by Gasteiger charge is 2.20. The van der Waals surface area contributed by atoms with E-state index in [1.165, 1.54) is 16.7 Å². The average Bonchev–Trinajstić information content (AvgIpc) is 2.27. The van der Waals surface area contributed by atoms with E-state index in [4.69, 9.17) is 0 Å². The maximum Gasteiger partial charge on any atom is 0.0829 e. The third kappa shape index (κ3) is 1.85. The molecule has 0 bridgehead atoms. The minimum atomic E-state index is 0.117. The molecule has 86 valence electrons. The van der Waals surface area contributed by atoms with Crippen LogP contribution >= 0.6 is 0 Å². The van der Waals surface area contributed by atoms with Gasteiger partial charge in [0.1, 0.15) is 0 Å². The summed E-state index contributed by atoms with van der Waals surface area (Å²) in [5, 5.41) is 9.40. The lowest BCUT2D eigenvalue weighted by Gasteiger charge is -2.35. The largest absolute Gasteiger partial charge is 0.390 e. The van der Waals surface area contributed by atoms with Crippen molar-refractivity contribution in [1.29, 1.82) is 0 Å². The lowest BCUT2D eigenvalue weighted by molar-refractivity contribution is 0.214. The van der Waals surface area contributed by atoms with E-state index in [2.05, 4.69) is 49.9 Å². The fraction of sp³-hybridized carbons (Fsp3) is 0.429. The van der Waals surface area contributed by atoms with Gasteiger partial charge in [-0.1, -0.05) is 18.2 Å². The van der Waals surface area contributed by atoms with Gasteiger partial charge in [-0.05, 0) is 43.5 Å². The summed E-state index contributed by atoms with van der Waals surface area (Å²) in [5.74, 6) is 0. The van der Waals surface area contributed by atoms with Crippen LogP contribution in [0.3, 0.4) is 0 Å². The molecule has 1 aliphatic heterocycles. The molecule has 0 spiro atoms. The molecule has 2 rings (SSSR count). The molecule has 0 fully saturated rings. The van der Waals surface area contributed by atoms with E-state index < -0.39 is 0 Å². The van der Waals surface area contributed by atoms with E-state index in [-0.39, 0.29) is 6.61 Å². The van der Waals surface area contributed by atoms with Crippen LogP contribution in [-0.4, -0.2) is 22.7 Å². The molecule has 1 aromatic rings. The lowest BCUT2D eigenvalue weighted by atomic mass is 9.96. The van der Waals surface area contributed by atoms with Gasteiger partial charge >= 0.3 is 0 Å². The summed E-state index contributed by atoms with van der Waals surface area (Å²) in [7, 11) is 0. The second kappa shape index (κ2) is 4.30. The third-order valence-electron chi connectivity index (χ3n) is 3.25. The van der Waals surface area contributed by atoms with E-state index >= 15 is 0 Å². The minimum Gasteiger partial charge on any atom is -0.390 e. The first kappa shape index (κ1) is 11.2. The van der Waals surface area contributed by atoms with Crippen LogP contribution < -0.4 is 0 Å². The first-order valence-corrected chi connectivity index (χ1v) is 5.80. The minimum absolute atomic E-state index is 0.117. The molecule has 0 aliphatic carbocycles. The van der Waals surface area contributed by atoms with Gasteiger partial charge in [0, 0.05) is 18.3 Å².